The first-order valence-electron chi connectivity index (χ1n) is 5.86. The van der Waals surface area contributed by atoms with Gasteiger partial charge in [0.05, 0.1) is 12.2 Å². The van der Waals surface area contributed by atoms with E-state index in [-0.39, 0.29) is 12.2 Å². The zero-order valence-corrected chi connectivity index (χ0v) is 12.0. The number of amides is 1. The molecule has 0 aliphatic heterocycles. The van der Waals surface area contributed by atoms with E-state index in [0.29, 0.717) is 24.4 Å². The lowest BCUT2D eigenvalue weighted by Crippen LogP contribution is -2.17. The summed E-state index contributed by atoms with van der Waals surface area (Å²) in [4.78, 5) is 10.7. The van der Waals surface area contributed by atoms with Crippen molar-refractivity contribution in [1.29, 1.82) is 0 Å². The van der Waals surface area contributed by atoms with E-state index in [2.05, 4.69) is 4.72 Å². The second-order valence-electron chi connectivity index (χ2n) is 4.16. The summed E-state index contributed by atoms with van der Waals surface area (Å²) in [5.74, 6) is 0.0782. The van der Waals surface area contributed by atoms with Crippen molar-refractivity contribution in [2.45, 2.75) is 19.3 Å². The van der Waals surface area contributed by atoms with Gasteiger partial charge in [-0.3, -0.25) is 9.52 Å². The first-order chi connectivity index (χ1) is 8.93. The van der Waals surface area contributed by atoms with Gasteiger partial charge in [-0.1, -0.05) is 12.1 Å². The topological polar surface area (TPSA) is 89.3 Å². The summed E-state index contributed by atoms with van der Waals surface area (Å²) >= 11 is 5.50. The molecule has 0 unspecified atom stereocenters. The Bertz CT molecular complexity index is 514. The van der Waals surface area contributed by atoms with Gasteiger partial charge in [-0.2, -0.15) is 0 Å². The standard InChI is InChI=1S/C12H17ClN2O3S/c13-7-1-2-8-19(17,18)15-11-5-3-10(4-6-11)9-12(14)16/h3-6,15H,1-2,7-9H2,(H2,14,16). The van der Waals surface area contributed by atoms with Crippen molar-refractivity contribution in [1.82, 2.24) is 0 Å². The number of nitrogens with two attached hydrogens (primary N) is 1. The lowest BCUT2D eigenvalue weighted by Gasteiger charge is -2.08. The highest BCUT2D eigenvalue weighted by atomic mass is 35.5. The molecule has 0 spiro atoms. The van der Waals surface area contributed by atoms with Gasteiger partial charge in [0.1, 0.15) is 0 Å². The maximum absolute atomic E-state index is 11.7. The number of unbranched alkanes of at least 4 members (excludes halogenated alkanes) is 1. The van der Waals surface area contributed by atoms with Gasteiger partial charge >= 0.3 is 0 Å². The Kier molecular flexibility index (Phi) is 6.11. The number of anilines is 1. The third-order valence-electron chi connectivity index (χ3n) is 2.40. The van der Waals surface area contributed by atoms with E-state index in [1.807, 2.05) is 0 Å². The summed E-state index contributed by atoms with van der Waals surface area (Å²) in [5.41, 5.74) is 6.29. The van der Waals surface area contributed by atoms with Crippen LogP contribution in [0.3, 0.4) is 0 Å². The minimum absolute atomic E-state index is 0.0444. The summed E-state index contributed by atoms with van der Waals surface area (Å²) in [6, 6.07) is 6.55. The predicted octanol–water partition coefficient (Wildman–Crippen LogP) is 1.48. The molecule has 5 nitrogen and oxygen atoms in total. The summed E-state index contributed by atoms with van der Waals surface area (Å²) in [6.07, 6.45) is 1.33. The van der Waals surface area contributed by atoms with Crippen molar-refractivity contribution in [2.75, 3.05) is 16.4 Å². The molecule has 19 heavy (non-hydrogen) atoms. The maximum Gasteiger partial charge on any atom is 0.232 e. The fourth-order valence-electron chi connectivity index (χ4n) is 1.51. The van der Waals surface area contributed by atoms with Crippen LogP contribution in [0.1, 0.15) is 18.4 Å². The average Bonchev–Trinajstić information content (AvgIpc) is 2.31. The molecule has 0 bridgehead atoms. The molecular formula is C12H17ClN2O3S. The van der Waals surface area contributed by atoms with Crippen molar-refractivity contribution in [2.24, 2.45) is 5.73 Å². The highest BCUT2D eigenvalue weighted by Gasteiger charge is 2.09. The lowest BCUT2D eigenvalue weighted by molar-refractivity contribution is -0.117. The van der Waals surface area contributed by atoms with Gasteiger partial charge in [-0.05, 0) is 30.5 Å². The van der Waals surface area contributed by atoms with Crippen LogP contribution in [0, 0.1) is 0 Å². The van der Waals surface area contributed by atoms with E-state index in [1.54, 1.807) is 24.3 Å². The molecule has 1 aromatic rings. The van der Waals surface area contributed by atoms with Crippen LogP contribution in [0.4, 0.5) is 5.69 Å². The molecule has 0 radical (unpaired) electrons. The summed E-state index contributed by atoms with van der Waals surface area (Å²) in [5, 5.41) is 0. The molecule has 0 aliphatic rings. The van der Waals surface area contributed by atoms with Crippen molar-refractivity contribution in [3.63, 3.8) is 0 Å². The van der Waals surface area contributed by atoms with E-state index in [1.165, 1.54) is 0 Å². The predicted molar refractivity (Wildman–Crippen MR) is 76.7 cm³/mol. The van der Waals surface area contributed by atoms with Crippen LogP contribution in [-0.4, -0.2) is 26.0 Å². The molecule has 0 aliphatic carbocycles. The maximum atomic E-state index is 11.7. The fourth-order valence-corrected chi connectivity index (χ4v) is 2.88. The monoisotopic (exact) mass is 304 g/mol. The number of benzene rings is 1. The van der Waals surface area contributed by atoms with Crippen molar-refractivity contribution in [3.05, 3.63) is 29.8 Å². The van der Waals surface area contributed by atoms with E-state index < -0.39 is 15.9 Å². The van der Waals surface area contributed by atoms with E-state index in [0.717, 1.165) is 5.56 Å². The molecular weight excluding hydrogens is 288 g/mol. The fraction of sp³-hybridized carbons (Fsp3) is 0.417. The molecule has 3 N–H and O–H groups in total. The molecule has 0 heterocycles. The number of alkyl halides is 1. The quantitative estimate of drug-likeness (QED) is 0.563. The molecule has 1 aromatic carbocycles. The Morgan fingerprint density at radius 1 is 1.21 bits per heavy atom. The van der Waals surface area contributed by atoms with Crippen LogP contribution in [0.2, 0.25) is 0 Å². The van der Waals surface area contributed by atoms with Crippen LogP contribution in [-0.2, 0) is 21.2 Å². The first-order valence-corrected chi connectivity index (χ1v) is 8.05. The molecule has 7 heteroatoms. The van der Waals surface area contributed by atoms with Crippen LogP contribution in [0.25, 0.3) is 0 Å². The Balaban J connectivity index is 2.59. The number of carbonyl (C=O) groups is 1. The summed E-state index contributed by atoms with van der Waals surface area (Å²) < 4.78 is 25.9. The van der Waals surface area contributed by atoms with Gasteiger partial charge in [0.25, 0.3) is 0 Å². The first kappa shape index (κ1) is 15.8. The SMILES string of the molecule is NC(=O)Cc1ccc(NS(=O)(=O)CCCCCl)cc1. The molecule has 0 atom stereocenters. The Hall–Kier alpha value is -1.27. The van der Waals surface area contributed by atoms with Gasteiger partial charge in [0.2, 0.25) is 15.9 Å². The number of rotatable bonds is 8. The van der Waals surface area contributed by atoms with Gasteiger partial charge in [-0.15, -0.1) is 11.6 Å². The normalized spacial score (nSPS) is 11.2. The highest BCUT2D eigenvalue weighted by Crippen LogP contribution is 2.12. The minimum atomic E-state index is -3.34. The van der Waals surface area contributed by atoms with E-state index >= 15 is 0 Å². The average molecular weight is 305 g/mol. The highest BCUT2D eigenvalue weighted by molar-refractivity contribution is 7.92. The zero-order valence-electron chi connectivity index (χ0n) is 10.4. The van der Waals surface area contributed by atoms with Crippen LogP contribution in [0.5, 0.6) is 0 Å². The zero-order chi connectivity index (χ0) is 14.3. The summed E-state index contributed by atoms with van der Waals surface area (Å²) in [7, 11) is -3.34. The van der Waals surface area contributed by atoms with Gasteiger partial charge in [0, 0.05) is 11.6 Å². The second kappa shape index (κ2) is 7.35. The van der Waals surface area contributed by atoms with E-state index in [4.69, 9.17) is 17.3 Å². The number of hydrogen-bond donors (Lipinski definition) is 2. The van der Waals surface area contributed by atoms with Crippen LogP contribution >= 0.6 is 11.6 Å². The Morgan fingerprint density at radius 3 is 2.37 bits per heavy atom. The van der Waals surface area contributed by atoms with E-state index in [9.17, 15) is 13.2 Å². The van der Waals surface area contributed by atoms with Crippen LogP contribution in [0.15, 0.2) is 24.3 Å². The molecule has 106 valence electrons. The third-order valence-corrected chi connectivity index (χ3v) is 4.04. The number of halogens is 1. The molecule has 0 aromatic heterocycles. The Morgan fingerprint density at radius 2 is 1.84 bits per heavy atom. The number of sulfonamides is 1. The largest absolute Gasteiger partial charge is 0.369 e. The van der Waals surface area contributed by atoms with Crippen LogP contribution < -0.4 is 10.5 Å². The van der Waals surface area contributed by atoms with Gasteiger partial charge < -0.3 is 5.73 Å². The molecule has 0 saturated carbocycles. The molecule has 0 fully saturated rings. The number of nitrogens with one attached hydrogen (secondary N) is 1. The number of carbonyl (C=O) groups excluding carboxylic acids is 1. The van der Waals surface area contributed by atoms with Crippen molar-refractivity contribution in [3.8, 4) is 0 Å². The minimum Gasteiger partial charge on any atom is -0.369 e. The smallest absolute Gasteiger partial charge is 0.232 e. The third kappa shape index (κ3) is 6.45. The Labute approximate surface area is 118 Å². The molecule has 1 amide bonds. The molecule has 0 saturated heterocycles. The number of primary amides is 1. The van der Waals surface area contributed by atoms with Gasteiger partial charge in [0.15, 0.2) is 0 Å². The molecule has 1 rings (SSSR count). The second-order valence-corrected chi connectivity index (χ2v) is 6.38. The number of hydrogen-bond acceptors (Lipinski definition) is 3. The lowest BCUT2D eigenvalue weighted by atomic mass is 10.1. The van der Waals surface area contributed by atoms with Crippen molar-refractivity contribution < 1.29 is 13.2 Å². The summed E-state index contributed by atoms with van der Waals surface area (Å²) in [6.45, 7) is 0. The van der Waals surface area contributed by atoms with Crippen molar-refractivity contribution >= 4 is 33.2 Å². The van der Waals surface area contributed by atoms with Gasteiger partial charge in [-0.25, -0.2) is 8.42 Å².